The summed E-state index contributed by atoms with van der Waals surface area (Å²) in [5.41, 5.74) is 0.705. The van der Waals surface area contributed by atoms with Crippen LogP contribution in [0, 0.1) is 0 Å². The van der Waals surface area contributed by atoms with Gasteiger partial charge in [-0.15, -0.1) is 0 Å². The van der Waals surface area contributed by atoms with Crippen LogP contribution in [0.25, 0.3) is 0 Å². The number of nitrogens with one attached hydrogen (secondary N) is 1. The van der Waals surface area contributed by atoms with Crippen LogP contribution in [0.3, 0.4) is 0 Å². The summed E-state index contributed by atoms with van der Waals surface area (Å²) in [5.74, 6) is 0.0408. The van der Waals surface area contributed by atoms with Gasteiger partial charge in [-0.3, -0.25) is 4.79 Å². The Morgan fingerprint density at radius 1 is 1.65 bits per heavy atom. The molecule has 17 heavy (non-hydrogen) atoms. The van der Waals surface area contributed by atoms with Crippen molar-refractivity contribution in [2.24, 2.45) is 0 Å². The number of carbonyl (C=O) groups excluding carboxylic acids is 1. The van der Waals surface area contributed by atoms with Crippen LogP contribution in [0.5, 0.6) is 0 Å². The molecule has 2 rings (SSSR count). The SMILES string of the molecule is CNCCN(C)C(=O)c1cc(Cl)cn1C1CC1. The van der Waals surface area contributed by atoms with Crippen LogP contribution in [-0.4, -0.2) is 42.6 Å². The third-order valence-corrected chi connectivity index (χ3v) is 3.23. The maximum absolute atomic E-state index is 12.2. The Kier molecular flexibility index (Phi) is 3.74. The van der Waals surface area contributed by atoms with Crippen LogP contribution < -0.4 is 5.32 Å². The third-order valence-electron chi connectivity index (χ3n) is 3.02. The van der Waals surface area contributed by atoms with Crippen molar-refractivity contribution >= 4 is 17.5 Å². The number of rotatable bonds is 5. The number of nitrogens with zero attached hydrogens (tertiary/aromatic N) is 2. The Morgan fingerprint density at radius 3 is 2.94 bits per heavy atom. The first kappa shape index (κ1) is 12.5. The number of halogens is 1. The highest BCUT2D eigenvalue weighted by molar-refractivity contribution is 6.31. The summed E-state index contributed by atoms with van der Waals surface area (Å²) in [6, 6.07) is 2.23. The Hall–Kier alpha value is -1.00. The zero-order valence-corrected chi connectivity index (χ0v) is 11.0. The minimum atomic E-state index is 0.0408. The van der Waals surface area contributed by atoms with Gasteiger partial charge in [0.05, 0.1) is 5.02 Å². The number of hydrogen-bond donors (Lipinski definition) is 1. The fourth-order valence-electron chi connectivity index (χ4n) is 1.85. The smallest absolute Gasteiger partial charge is 0.270 e. The van der Waals surface area contributed by atoms with E-state index in [1.807, 2.05) is 24.9 Å². The summed E-state index contributed by atoms with van der Waals surface area (Å²) in [6.45, 7) is 1.49. The van der Waals surface area contributed by atoms with E-state index in [4.69, 9.17) is 11.6 Å². The van der Waals surface area contributed by atoms with Gasteiger partial charge in [0.15, 0.2) is 0 Å². The Labute approximate surface area is 107 Å². The van der Waals surface area contributed by atoms with Gasteiger partial charge in [-0.1, -0.05) is 11.6 Å². The van der Waals surface area contributed by atoms with E-state index in [0.29, 0.717) is 23.3 Å². The lowest BCUT2D eigenvalue weighted by Crippen LogP contribution is -2.33. The van der Waals surface area contributed by atoms with Gasteiger partial charge in [0.1, 0.15) is 5.69 Å². The first-order valence-corrected chi connectivity index (χ1v) is 6.28. The maximum atomic E-state index is 12.2. The van der Waals surface area contributed by atoms with E-state index in [1.54, 1.807) is 11.0 Å². The van der Waals surface area contributed by atoms with Gasteiger partial charge in [-0.2, -0.15) is 0 Å². The molecule has 5 heteroatoms. The van der Waals surface area contributed by atoms with Crippen molar-refractivity contribution in [3.8, 4) is 0 Å². The second-order valence-corrected chi connectivity index (χ2v) is 4.95. The highest BCUT2D eigenvalue weighted by Gasteiger charge is 2.28. The molecule has 1 heterocycles. The van der Waals surface area contributed by atoms with E-state index in [0.717, 1.165) is 19.4 Å². The van der Waals surface area contributed by atoms with Crippen molar-refractivity contribution in [1.29, 1.82) is 0 Å². The lowest BCUT2D eigenvalue weighted by molar-refractivity contribution is 0.0786. The highest BCUT2D eigenvalue weighted by atomic mass is 35.5. The predicted octanol–water partition coefficient (Wildman–Crippen LogP) is 1.77. The van der Waals surface area contributed by atoms with Gasteiger partial charge < -0.3 is 14.8 Å². The van der Waals surface area contributed by atoms with Crippen molar-refractivity contribution in [2.75, 3.05) is 27.2 Å². The van der Waals surface area contributed by atoms with E-state index in [-0.39, 0.29) is 5.91 Å². The summed E-state index contributed by atoms with van der Waals surface area (Å²) >= 11 is 5.99. The van der Waals surface area contributed by atoms with Gasteiger partial charge in [0.2, 0.25) is 0 Å². The Morgan fingerprint density at radius 2 is 2.35 bits per heavy atom. The van der Waals surface area contributed by atoms with E-state index >= 15 is 0 Å². The molecule has 4 nitrogen and oxygen atoms in total. The van der Waals surface area contributed by atoms with Gasteiger partial charge in [-0.25, -0.2) is 0 Å². The lowest BCUT2D eigenvalue weighted by Gasteiger charge is -2.18. The zero-order valence-electron chi connectivity index (χ0n) is 10.2. The van der Waals surface area contributed by atoms with E-state index < -0.39 is 0 Å². The molecule has 0 radical (unpaired) electrons. The van der Waals surface area contributed by atoms with Gasteiger partial charge >= 0.3 is 0 Å². The van der Waals surface area contributed by atoms with Crippen molar-refractivity contribution in [3.05, 3.63) is 23.0 Å². The van der Waals surface area contributed by atoms with Gasteiger partial charge in [0, 0.05) is 32.4 Å². The van der Waals surface area contributed by atoms with Crippen molar-refractivity contribution in [2.45, 2.75) is 18.9 Å². The Balaban J connectivity index is 2.12. The first-order chi connectivity index (χ1) is 8.13. The zero-order chi connectivity index (χ0) is 12.4. The fraction of sp³-hybridized carbons (Fsp3) is 0.583. The first-order valence-electron chi connectivity index (χ1n) is 5.91. The molecule has 0 atom stereocenters. The normalized spacial score (nSPS) is 15.0. The molecule has 1 aromatic rings. The summed E-state index contributed by atoms with van der Waals surface area (Å²) in [6.07, 6.45) is 4.15. The molecule has 1 fully saturated rings. The molecule has 1 amide bonds. The molecule has 1 aliphatic carbocycles. The average molecular weight is 256 g/mol. The van der Waals surface area contributed by atoms with Crippen molar-refractivity contribution < 1.29 is 4.79 Å². The number of hydrogen-bond acceptors (Lipinski definition) is 2. The molecule has 0 aliphatic heterocycles. The maximum Gasteiger partial charge on any atom is 0.270 e. The molecule has 0 spiro atoms. The van der Waals surface area contributed by atoms with Crippen molar-refractivity contribution in [3.63, 3.8) is 0 Å². The molecule has 1 saturated carbocycles. The second kappa shape index (κ2) is 5.10. The predicted molar refractivity (Wildman–Crippen MR) is 68.6 cm³/mol. The minimum Gasteiger partial charge on any atom is -0.339 e. The summed E-state index contributed by atoms with van der Waals surface area (Å²) in [7, 11) is 3.69. The highest BCUT2D eigenvalue weighted by Crippen LogP contribution is 2.37. The molecule has 1 aromatic heterocycles. The number of likely N-dealkylation sites (N-methyl/N-ethyl adjacent to an activating group) is 2. The van der Waals surface area contributed by atoms with Crippen LogP contribution in [0.4, 0.5) is 0 Å². The van der Waals surface area contributed by atoms with Crippen LogP contribution in [-0.2, 0) is 0 Å². The summed E-state index contributed by atoms with van der Waals surface area (Å²) in [5, 5.41) is 3.67. The van der Waals surface area contributed by atoms with E-state index in [2.05, 4.69) is 5.32 Å². The topological polar surface area (TPSA) is 37.3 Å². The lowest BCUT2D eigenvalue weighted by atomic mass is 10.3. The van der Waals surface area contributed by atoms with Crippen molar-refractivity contribution in [1.82, 2.24) is 14.8 Å². The van der Waals surface area contributed by atoms with Crippen LogP contribution >= 0.6 is 11.6 Å². The molecule has 0 saturated heterocycles. The average Bonchev–Trinajstić information content (AvgIpc) is 3.08. The molecular formula is C12H18ClN3O. The number of carbonyl (C=O) groups is 1. The summed E-state index contributed by atoms with van der Waals surface area (Å²) < 4.78 is 2.01. The van der Waals surface area contributed by atoms with Gasteiger partial charge in [-0.05, 0) is 26.0 Å². The molecule has 1 N–H and O–H groups in total. The summed E-state index contributed by atoms with van der Waals surface area (Å²) in [4.78, 5) is 14.0. The van der Waals surface area contributed by atoms with Crippen LogP contribution in [0.2, 0.25) is 5.02 Å². The van der Waals surface area contributed by atoms with Gasteiger partial charge in [0.25, 0.3) is 5.91 Å². The molecule has 94 valence electrons. The quantitative estimate of drug-likeness (QED) is 0.871. The monoisotopic (exact) mass is 255 g/mol. The third kappa shape index (κ3) is 2.82. The van der Waals surface area contributed by atoms with Crippen LogP contribution in [0.1, 0.15) is 29.4 Å². The number of aromatic nitrogens is 1. The molecule has 0 bridgehead atoms. The molecular weight excluding hydrogens is 238 g/mol. The van der Waals surface area contributed by atoms with E-state index in [1.165, 1.54) is 0 Å². The minimum absolute atomic E-state index is 0.0408. The second-order valence-electron chi connectivity index (χ2n) is 4.51. The number of amides is 1. The standard InChI is InChI=1S/C12H18ClN3O/c1-14-5-6-15(2)12(17)11-7-9(13)8-16(11)10-3-4-10/h7-8,10,14H,3-6H2,1-2H3. The van der Waals surface area contributed by atoms with E-state index in [9.17, 15) is 4.79 Å². The molecule has 1 aliphatic rings. The molecule has 0 aromatic carbocycles. The largest absolute Gasteiger partial charge is 0.339 e. The van der Waals surface area contributed by atoms with Crippen LogP contribution in [0.15, 0.2) is 12.3 Å². The Bertz CT molecular complexity index is 412. The fourth-order valence-corrected chi connectivity index (χ4v) is 2.06. The molecule has 0 unspecified atom stereocenters.